The Hall–Kier alpha value is -2.91. The van der Waals surface area contributed by atoms with Gasteiger partial charge in [-0.15, -0.1) is 0 Å². The van der Waals surface area contributed by atoms with Gasteiger partial charge < -0.3 is 9.64 Å². The van der Waals surface area contributed by atoms with E-state index >= 15 is 0 Å². The van der Waals surface area contributed by atoms with Crippen LogP contribution in [-0.4, -0.2) is 47.2 Å². The van der Waals surface area contributed by atoms with Crippen LogP contribution in [0.1, 0.15) is 36.8 Å². The summed E-state index contributed by atoms with van der Waals surface area (Å²) in [5.74, 6) is 7.43. The molecule has 1 aliphatic heterocycles. The van der Waals surface area contributed by atoms with Crippen molar-refractivity contribution in [3.05, 3.63) is 66.0 Å². The molecule has 2 aliphatic rings. The van der Waals surface area contributed by atoms with E-state index in [1.807, 2.05) is 0 Å². The van der Waals surface area contributed by atoms with Gasteiger partial charge in [0.2, 0.25) is 5.95 Å². The SMILES string of the molecule is C=C1N(CCCOC)[C@H]2CCC[C@H]2N1c1ncc(C#Cc2ccc(F)cc2)cn1. The van der Waals surface area contributed by atoms with Gasteiger partial charge in [-0.05, 0) is 49.9 Å². The number of fused-ring (bicyclic) bond motifs is 1. The van der Waals surface area contributed by atoms with Gasteiger partial charge in [0.1, 0.15) is 11.6 Å². The molecule has 0 bridgehead atoms. The van der Waals surface area contributed by atoms with Crippen LogP contribution in [0, 0.1) is 17.7 Å². The van der Waals surface area contributed by atoms with E-state index in [2.05, 4.69) is 38.2 Å². The molecule has 2 fully saturated rings. The topological polar surface area (TPSA) is 41.5 Å². The van der Waals surface area contributed by atoms with Crippen molar-refractivity contribution in [2.24, 2.45) is 0 Å². The maximum atomic E-state index is 13.0. The van der Waals surface area contributed by atoms with E-state index in [0.717, 1.165) is 42.9 Å². The first-order valence-corrected chi connectivity index (χ1v) is 10.0. The molecule has 0 unspecified atom stereocenters. The third-order valence-electron chi connectivity index (χ3n) is 5.58. The van der Waals surface area contributed by atoms with Crippen molar-refractivity contribution in [3.8, 4) is 11.8 Å². The summed E-state index contributed by atoms with van der Waals surface area (Å²) in [5.41, 5.74) is 1.48. The normalized spacial score (nSPS) is 20.6. The minimum Gasteiger partial charge on any atom is -0.385 e. The Morgan fingerprint density at radius 1 is 1.10 bits per heavy atom. The molecular formula is C23H25FN4O. The zero-order chi connectivity index (χ0) is 20.2. The molecule has 5 nitrogen and oxygen atoms in total. The smallest absolute Gasteiger partial charge is 0.231 e. The molecule has 29 heavy (non-hydrogen) atoms. The predicted molar refractivity (Wildman–Crippen MR) is 111 cm³/mol. The lowest BCUT2D eigenvalue weighted by molar-refractivity contribution is 0.175. The van der Waals surface area contributed by atoms with E-state index < -0.39 is 0 Å². The molecule has 4 rings (SSSR count). The van der Waals surface area contributed by atoms with E-state index in [9.17, 15) is 4.39 Å². The highest BCUT2D eigenvalue weighted by molar-refractivity contribution is 5.47. The number of rotatable bonds is 5. The van der Waals surface area contributed by atoms with Crippen LogP contribution in [0.4, 0.5) is 10.3 Å². The zero-order valence-corrected chi connectivity index (χ0v) is 16.6. The van der Waals surface area contributed by atoms with Crippen LogP contribution < -0.4 is 4.90 Å². The third kappa shape index (κ3) is 4.10. The number of nitrogens with zero attached hydrogens (tertiary/aromatic N) is 4. The first-order chi connectivity index (χ1) is 14.2. The number of hydrogen-bond acceptors (Lipinski definition) is 5. The molecule has 2 atom stereocenters. The molecule has 1 saturated carbocycles. The summed E-state index contributed by atoms with van der Waals surface area (Å²) in [6.45, 7) is 6.02. The second-order valence-electron chi connectivity index (χ2n) is 7.42. The fraction of sp³-hybridized carbons (Fsp3) is 0.391. The van der Waals surface area contributed by atoms with Gasteiger partial charge in [0.15, 0.2) is 0 Å². The summed E-state index contributed by atoms with van der Waals surface area (Å²) in [7, 11) is 1.73. The standard InChI is InChI=1S/C23H25FN4O/c1-17-27(13-4-14-29-2)21-5-3-6-22(21)28(17)23-25-15-19(16-26-23)8-7-18-9-11-20(24)12-10-18/h9-12,15-16,21-22H,1,3-6,13-14H2,2H3/t21-,22+/m0/s1. The minimum atomic E-state index is -0.268. The fourth-order valence-corrected chi connectivity index (χ4v) is 4.23. The Morgan fingerprint density at radius 2 is 1.79 bits per heavy atom. The first kappa shape index (κ1) is 19.4. The fourth-order valence-electron chi connectivity index (χ4n) is 4.23. The number of methoxy groups -OCH3 is 1. The summed E-state index contributed by atoms with van der Waals surface area (Å²) >= 11 is 0. The van der Waals surface area contributed by atoms with Crippen molar-refractivity contribution in [1.82, 2.24) is 14.9 Å². The van der Waals surface area contributed by atoms with Crippen LogP contribution in [0.25, 0.3) is 0 Å². The lowest BCUT2D eigenvalue weighted by Gasteiger charge is -2.26. The highest BCUT2D eigenvalue weighted by Gasteiger charge is 2.45. The number of aromatic nitrogens is 2. The Kier molecular flexibility index (Phi) is 5.77. The van der Waals surface area contributed by atoms with Crippen LogP contribution >= 0.6 is 0 Å². The zero-order valence-electron chi connectivity index (χ0n) is 16.6. The van der Waals surface area contributed by atoms with Gasteiger partial charge in [-0.3, -0.25) is 4.90 Å². The summed E-state index contributed by atoms with van der Waals surface area (Å²) in [5, 5.41) is 0. The summed E-state index contributed by atoms with van der Waals surface area (Å²) in [4.78, 5) is 13.7. The highest BCUT2D eigenvalue weighted by atomic mass is 19.1. The molecule has 1 aliphatic carbocycles. The molecule has 2 heterocycles. The molecule has 0 amide bonds. The van der Waals surface area contributed by atoms with Crippen LogP contribution in [-0.2, 0) is 4.74 Å². The molecule has 0 N–H and O–H groups in total. The van der Waals surface area contributed by atoms with E-state index in [0.29, 0.717) is 18.0 Å². The van der Waals surface area contributed by atoms with Crippen molar-refractivity contribution >= 4 is 5.95 Å². The molecular weight excluding hydrogens is 367 g/mol. The molecule has 1 saturated heterocycles. The van der Waals surface area contributed by atoms with Crippen LogP contribution in [0.5, 0.6) is 0 Å². The quantitative estimate of drug-likeness (QED) is 0.575. The summed E-state index contributed by atoms with van der Waals surface area (Å²) < 4.78 is 18.2. The number of benzene rings is 1. The van der Waals surface area contributed by atoms with Crippen molar-refractivity contribution in [2.45, 2.75) is 37.8 Å². The van der Waals surface area contributed by atoms with Crippen molar-refractivity contribution in [1.29, 1.82) is 0 Å². The van der Waals surface area contributed by atoms with Crippen LogP contribution in [0.2, 0.25) is 0 Å². The van der Waals surface area contributed by atoms with E-state index in [4.69, 9.17) is 4.74 Å². The Morgan fingerprint density at radius 3 is 2.52 bits per heavy atom. The summed E-state index contributed by atoms with van der Waals surface area (Å²) in [6, 6.07) is 6.97. The van der Waals surface area contributed by atoms with Gasteiger partial charge in [-0.1, -0.05) is 18.4 Å². The maximum Gasteiger partial charge on any atom is 0.231 e. The molecule has 0 spiro atoms. The van der Waals surface area contributed by atoms with E-state index in [1.165, 1.54) is 25.0 Å². The summed E-state index contributed by atoms with van der Waals surface area (Å²) in [6.07, 6.45) is 7.97. The van der Waals surface area contributed by atoms with Gasteiger partial charge in [0.05, 0.1) is 17.6 Å². The maximum absolute atomic E-state index is 13.0. The molecule has 1 aromatic heterocycles. The number of ether oxygens (including phenoxy) is 1. The molecule has 1 aromatic carbocycles. The second-order valence-corrected chi connectivity index (χ2v) is 7.42. The van der Waals surface area contributed by atoms with Crippen molar-refractivity contribution in [3.63, 3.8) is 0 Å². The largest absolute Gasteiger partial charge is 0.385 e. The van der Waals surface area contributed by atoms with Gasteiger partial charge in [-0.25, -0.2) is 14.4 Å². The number of anilines is 1. The van der Waals surface area contributed by atoms with E-state index in [1.54, 1.807) is 31.6 Å². The number of halogens is 1. The van der Waals surface area contributed by atoms with Crippen LogP contribution in [0.3, 0.4) is 0 Å². The van der Waals surface area contributed by atoms with E-state index in [-0.39, 0.29) is 5.82 Å². The second kappa shape index (κ2) is 8.62. The lowest BCUT2D eigenvalue weighted by Crippen LogP contribution is -2.33. The lowest BCUT2D eigenvalue weighted by atomic mass is 10.1. The van der Waals surface area contributed by atoms with Crippen molar-refractivity contribution < 1.29 is 9.13 Å². The van der Waals surface area contributed by atoms with Crippen LogP contribution in [0.15, 0.2) is 49.1 Å². The highest BCUT2D eigenvalue weighted by Crippen LogP contribution is 2.40. The average molecular weight is 392 g/mol. The molecule has 6 heteroatoms. The molecule has 150 valence electrons. The monoisotopic (exact) mass is 392 g/mol. The molecule has 2 aromatic rings. The van der Waals surface area contributed by atoms with Gasteiger partial charge in [0, 0.05) is 38.2 Å². The molecule has 0 radical (unpaired) electrons. The van der Waals surface area contributed by atoms with Crippen molar-refractivity contribution in [2.75, 3.05) is 25.2 Å². The Labute approximate surface area is 171 Å². The Balaban J connectivity index is 1.49. The number of hydrogen-bond donors (Lipinski definition) is 0. The van der Waals surface area contributed by atoms with Gasteiger partial charge in [-0.2, -0.15) is 0 Å². The average Bonchev–Trinajstić information content (AvgIpc) is 3.30. The predicted octanol–water partition coefficient (Wildman–Crippen LogP) is 3.57. The van der Waals surface area contributed by atoms with Gasteiger partial charge in [0.25, 0.3) is 0 Å². The third-order valence-corrected chi connectivity index (χ3v) is 5.58. The minimum absolute atomic E-state index is 0.268. The Bertz CT molecular complexity index is 917. The first-order valence-electron chi connectivity index (χ1n) is 10.0. The van der Waals surface area contributed by atoms with Gasteiger partial charge >= 0.3 is 0 Å².